The minimum absolute atomic E-state index is 0.0402. The summed E-state index contributed by atoms with van der Waals surface area (Å²) in [6.07, 6.45) is 0. The van der Waals surface area contributed by atoms with Gasteiger partial charge in [0.25, 0.3) is 5.91 Å². The molecule has 0 saturated carbocycles. The molecule has 1 aromatic rings. The molecule has 1 fully saturated rings. The number of halogens is 1. The van der Waals surface area contributed by atoms with E-state index >= 15 is 0 Å². The zero-order valence-electron chi connectivity index (χ0n) is 10.3. The third kappa shape index (κ3) is 3.13. The van der Waals surface area contributed by atoms with E-state index in [0.717, 1.165) is 18.7 Å². The Morgan fingerprint density at radius 3 is 2.53 bits per heavy atom. The third-order valence-electron chi connectivity index (χ3n) is 2.95. The number of carbonyl (C=O) groups excluding carboxylic acids is 1. The molecule has 100 valence electrons. The van der Waals surface area contributed by atoms with E-state index in [1.54, 1.807) is 6.92 Å². The summed E-state index contributed by atoms with van der Waals surface area (Å²) in [6, 6.07) is 4.23. The summed E-state index contributed by atoms with van der Waals surface area (Å²) in [7, 11) is 0. The molecule has 1 amide bonds. The highest BCUT2D eigenvalue weighted by molar-refractivity contribution is 6.31. The second-order valence-electron chi connectivity index (χ2n) is 4.32. The van der Waals surface area contributed by atoms with Gasteiger partial charge < -0.3 is 15.7 Å². The van der Waals surface area contributed by atoms with Crippen molar-refractivity contribution < 1.29 is 14.7 Å². The highest BCUT2D eigenvalue weighted by Crippen LogP contribution is 2.20. The van der Waals surface area contributed by atoms with E-state index in [1.165, 1.54) is 18.2 Å². The highest BCUT2D eigenvalue weighted by atomic mass is 35.5. The summed E-state index contributed by atoms with van der Waals surface area (Å²) in [5.41, 5.74) is 2.12. The van der Waals surface area contributed by atoms with Crippen molar-refractivity contribution in [2.45, 2.75) is 6.92 Å². The Morgan fingerprint density at radius 2 is 2.00 bits per heavy atom. The van der Waals surface area contributed by atoms with Gasteiger partial charge in [0.1, 0.15) is 0 Å². The number of anilines is 1. The van der Waals surface area contributed by atoms with Crippen molar-refractivity contribution in [1.82, 2.24) is 5.32 Å². The van der Waals surface area contributed by atoms with Gasteiger partial charge in [-0.1, -0.05) is 11.6 Å². The number of carboxylic acids is 1. The molecule has 19 heavy (non-hydrogen) atoms. The largest absolute Gasteiger partial charge is 0.478 e. The van der Waals surface area contributed by atoms with Gasteiger partial charge in [-0.3, -0.25) is 4.79 Å². The van der Waals surface area contributed by atoms with Gasteiger partial charge in [-0.15, -0.1) is 0 Å². The summed E-state index contributed by atoms with van der Waals surface area (Å²) in [5, 5.41) is 14.9. The molecule has 1 aliphatic heterocycles. The quantitative estimate of drug-likeness (QED) is 0.739. The lowest BCUT2D eigenvalue weighted by molar-refractivity contribution is -0.112. The monoisotopic (exact) mass is 280 g/mol. The molecule has 2 rings (SSSR count). The van der Waals surface area contributed by atoms with Crippen molar-refractivity contribution in [3.63, 3.8) is 0 Å². The Morgan fingerprint density at radius 1 is 1.32 bits per heavy atom. The zero-order chi connectivity index (χ0) is 14.0. The normalized spacial score (nSPS) is 13.7. The van der Waals surface area contributed by atoms with Crippen LogP contribution >= 0.6 is 11.6 Å². The van der Waals surface area contributed by atoms with Crippen LogP contribution in [0.15, 0.2) is 29.3 Å². The van der Waals surface area contributed by atoms with Gasteiger partial charge in [0, 0.05) is 29.4 Å². The molecule has 0 aromatic heterocycles. The zero-order valence-corrected chi connectivity index (χ0v) is 11.0. The molecular formula is C13H13ClN2O3. The lowest BCUT2D eigenvalue weighted by Crippen LogP contribution is -2.36. The fraction of sp³-hybridized carbons (Fsp3) is 0.231. The Labute approximate surface area is 115 Å². The maximum absolute atomic E-state index is 12.0. The van der Waals surface area contributed by atoms with E-state index in [0.29, 0.717) is 11.3 Å². The number of amides is 1. The molecule has 0 spiro atoms. The third-order valence-corrected chi connectivity index (χ3v) is 3.17. The first kappa shape index (κ1) is 13.6. The minimum Gasteiger partial charge on any atom is -0.478 e. The van der Waals surface area contributed by atoms with Crippen LogP contribution in [0.4, 0.5) is 5.69 Å². The van der Waals surface area contributed by atoms with Crippen molar-refractivity contribution in [3.8, 4) is 0 Å². The molecular weight excluding hydrogens is 268 g/mol. The van der Waals surface area contributed by atoms with E-state index in [-0.39, 0.29) is 16.5 Å². The predicted octanol–water partition coefficient (Wildman–Crippen LogP) is 1.90. The fourth-order valence-corrected chi connectivity index (χ4v) is 1.92. The first-order valence-corrected chi connectivity index (χ1v) is 6.10. The second-order valence-corrected chi connectivity index (χ2v) is 4.76. The van der Waals surface area contributed by atoms with Gasteiger partial charge in [-0.05, 0) is 30.7 Å². The number of aromatic carboxylic acids is 1. The number of hydrogen-bond acceptors (Lipinski definition) is 3. The lowest BCUT2D eigenvalue weighted by Gasteiger charge is -2.21. The summed E-state index contributed by atoms with van der Waals surface area (Å²) in [4.78, 5) is 22.9. The van der Waals surface area contributed by atoms with Crippen LogP contribution in [0.5, 0.6) is 0 Å². The van der Waals surface area contributed by atoms with Crippen LogP contribution in [0, 0.1) is 0 Å². The average Bonchev–Trinajstić information content (AvgIpc) is 2.25. The first-order valence-electron chi connectivity index (χ1n) is 5.72. The van der Waals surface area contributed by atoms with Gasteiger partial charge in [-0.2, -0.15) is 0 Å². The van der Waals surface area contributed by atoms with Gasteiger partial charge >= 0.3 is 5.97 Å². The average molecular weight is 281 g/mol. The van der Waals surface area contributed by atoms with E-state index in [9.17, 15) is 9.59 Å². The van der Waals surface area contributed by atoms with Crippen LogP contribution in [0.1, 0.15) is 17.3 Å². The van der Waals surface area contributed by atoms with Crippen LogP contribution in [0.2, 0.25) is 5.02 Å². The highest BCUT2D eigenvalue weighted by Gasteiger charge is 2.16. The molecule has 1 heterocycles. The number of benzene rings is 1. The summed E-state index contributed by atoms with van der Waals surface area (Å²) in [6.45, 7) is 3.18. The molecule has 1 saturated heterocycles. The topological polar surface area (TPSA) is 78.4 Å². The molecule has 3 N–H and O–H groups in total. The smallest absolute Gasteiger partial charge is 0.335 e. The second kappa shape index (κ2) is 5.42. The SMILES string of the molecule is CC(C(=O)Nc1cc(Cl)cc(C(=O)O)c1)=C1CNC1. The van der Waals surface area contributed by atoms with Gasteiger partial charge in [0.15, 0.2) is 0 Å². The number of carboxylic acid groups (broad SMARTS) is 1. The molecule has 0 bridgehead atoms. The van der Waals surface area contributed by atoms with Crippen LogP contribution in [0.3, 0.4) is 0 Å². The van der Waals surface area contributed by atoms with E-state index < -0.39 is 5.97 Å². The molecule has 1 aromatic carbocycles. The Balaban J connectivity index is 2.19. The number of carbonyl (C=O) groups is 2. The van der Waals surface area contributed by atoms with Crippen molar-refractivity contribution in [2.75, 3.05) is 18.4 Å². The van der Waals surface area contributed by atoms with Crippen LogP contribution in [-0.2, 0) is 4.79 Å². The van der Waals surface area contributed by atoms with Crippen molar-refractivity contribution >= 4 is 29.2 Å². The summed E-state index contributed by atoms with van der Waals surface area (Å²) in [5.74, 6) is -1.33. The maximum Gasteiger partial charge on any atom is 0.335 e. The Hall–Kier alpha value is -1.85. The summed E-state index contributed by atoms with van der Waals surface area (Å²) < 4.78 is 0. The fourth-order valence-electron chi connectivity index (χ4n) is 1.69. The Bertz CT molecular complexity index is 575. The molecule has 0 unspecified atom stereocenters. The lowest BCUT2D eigenvalue weighted by atomic mass is 10.0. The standard InChI is InChI=1S/C13H13ClN2O3/c1-7(9-5-15-6-9)12(17)16-11-3-8(13(18)19)2-10(14)4-11/h2-4,15H,5-6H2,1H3,(H,16,17)(H,18,19). The van der Waals surface area contributed by atoms with Crippen molar-refractivity contribution in [1.29, 1.82) is 0 Å². The number of rotatable bonds is 3. The van der Waals surface area contributed by atoms with E-state index in [2.05, 4.69) is 10.6 Å². The van der Waals surface area contributed by atoms with E-state index in [1.807, 2.05) is 0 Å². The maximum atomic E-state index is 12.0. The Kier molecular flexibility index (Phi) is 3.87. The van der Waals surface area contributed by atoms with Crippen LogP contribution < -0.4 is 10.6 Å². The number of hydrogen-bond donors (Lipinski definition) is 3. The van der Waals surface area contributed by atoms with Crippen molar-refractivity contribution in [2.24, 2.45) is 0 Å². The molecule has 0 aliphatic carbocycles. The molecule has 0 atom stereocenters. The van der Waals surface area contributed by atoms with Gasteiger partial charge in [0.2, 0.25) is 0 Å². The van der Waals surface area contributed by atoms with Crippen LogP contribution in [-0.4, -0.2) is 30.1 Å². The van der Waals surface area contributed by atoms with E-state index in [4.69, 9.17) is 16.7 Å². The minimum atomic E-state index is -1.09. The summed E-state index contributed by atoms with van der Waals surface area (Å²) >= 11 is 5.82. The first-order chi connectivity index (χ1) is 8.97. The van der Waals surface area contributed by atoms with Crippen LogP contribution in [0.25, 0.3) is 0 Å². The molecule has 0 radical (unpaired) electrons. The number of nitrogens with one attached hydrogen (secondary N) is 2. The predicted molar refractivity (Wildman–Crippen MR) is 72.6 cm³/mol. The van der Waals surface area contributed by atoms with Gasteiger partial charge in [0.05, 0.1) is 5.56 Å². The van der Waals surface area contributed by atoms with Crippen molar-refractivity contribution in [3.05, 3.63) is 39.9 Å². The molecule has 1 aliphatic rings. The molecule has 5 nitrogen and oxygen atoms in total. The molecule has 6 heteroatoms. The van der Waals surface area contributed by atoms with Gasteiger partial charge in [-0.25, -0.2) is 4.79 Å².